The number of ether oxygens (including phenoxy) is 1. The summed E-state index contributed by atoms with van der Waals surface area (Å²) >= 11 is 3.64. The third-order valence-corrected chi connectivity index (χ3v) is 6.12. The summed E-state index contributed by atoms with van der Waals surface area (Å²) in [5.41, 5.74) is 0. The van der Waals surface area contributed by atoms with E-state index in [1.807, 2.05) is 18.0 Å². The van der Waals surface area contributed by atoms with Gasteiger partial charge in [-0.3, -0.25) is 0 Å². The first-order chi connectivity index (χ1) is 10.7. The largest absolute Gasteiger partial charge is 0.381 e. The number of thiazole rings is 1. The Morgan fingerprint density at radius 1 is 1.43 bits per heavy atom. The van der Waals surface area contributed by atoms with E-state index in [1.54, 1.807) is 11.3 Å². The Kier molecular flexibility index (Phi) is 9.79. The van der Waals surface area contributed by atoms with Gasteiger partial charge in [-0.05, 0) is 32.9 Å². The van der Waals surface area contributed by atoms with E-state index in [0.717, 1.165) is 50.1 Å². The lowest BCUT2D eigenvalue weighted by Crippen LogP contribution is -2.47. The van der Waals surface area contributed by atoms with Crippen LogP contribution in [0, 0.1) is 6.92 Å². The van der Waals surface area contributed by atoms with Crippen LogP contribution in [0.2, 0.25) is 0 Å². The second kappa shape index (κ2) is 10.7. The van der Waals surface area contributed by atoms with Gasteiger partial charge >= 0.3 is 0 Å². The molecule has 1 aromatic heterocycles. The molecule has 0 saturated carbocycles. The minimum Gasteiger partial charge on any atom is -0.381 e. The smallest absolute Gasteiger partial charge is 0.191 e. The van der Waals surface area contributed by atoms with E-state index in [0.29, 0.717) is 6.54 Å². The summed E-state index contributed by atoms with van der Waals surface area (Å²) in [5, 5.41) is 7.87. The summed E-state index contributed by atoms with van der Waals surface area (Å²) in [6, 6.07) is 0. The van der Waals surface area contributed by atoms with E-state index < -0.39 is 0 Å². The molecular weight excluding hydrogens is 443 g/mol. The lowest BCUT2D eigenvalue weighted by molar-refractivity contribution is 0.0783. The Hall–Kier alpha value is -0.0600. The SMILES string of the molecule is CCNC(=NCc1ncc(C)s1)NCC1(SC)CCOCC1.I. The van der Waals surface area contributed by atoms with Gasteiger partial charge in [0.05, 0.1) is 6.54 Å². The van der Waals surface area contributed by atoms with Crippen molar-refractivity contribution in [2.75, 3.05) is 32.6 Å². The van der Waals surface area contributed by atoms with Gasteiger partial charge in [-0.1, -0.05) is 0 Å². The Morgan fingerprint density at radius 2 is 2.17 bits per heavy atom. The van der Waals surface area contributed by atoms with Crippen LogP contribution < -0.4 is 10.6 Å². The maximum atomic E-state index is 5.49. The van der Waals surface area contributed by atoms with Crippen molar-refractivity contribution >= 4 is 53.0 Å². The van der Waals surface area contributed by atoms with Crippen molar-refractivity contribution in [1.29, 1.82) is 0 Å². The second-order valence-corrected chi connectivity index (χ2v) is 8.01. The molecule has 2 heterocycles. The van der Waals surface area contributed by atoms with Crippen LogP contribution in [-0.4, -0.2) is 48.2 Å². The van der Waals surface area contributed by atoms with Crippen molar-refractivity contribution in [2.24, 2.45) is 4.99 Å². The number of thioether (sulfide) groups is 1. The quantitative estimate of drug-likeness (QED) is 0.380. The zero-order valence-corrected chi connectivity index (χ0v) is 18.0. The lowest BCUT2D eigenvalue weighted by Gasteiger charge is -2.36. The van der Waals surface area contributed by atoms with Crippen LogP contribution in [0.15, 0.2) is 11.2 Å². The van der Waals surface area contributed by atoms with Crippen molar-refractivity contribution in [3.63, 3.8) is 0 Å². The van der Waals surface area contributed by atoms with E-state index in [-0.39, 0.29) is 28.7 Å². The van der Waals surface area contributed by atoms with Gasteiger partial charge in [0.25, 0.3) is 0 Å². The monoisotopic (exact) mass is 470 g/mol. The molecule has 8 heteroatoms. The molecule has 1 aromatic rings. The standard InChI is InChI=1S/C15H26N4OS2.HI/c1-4-16-14(18-10-13-17-9-12(2)22-13)19-11-15(21-3)5-7-20-8-6-15;/h9H,4-8,10-11H2,1-3H3,(H2,16,18,19);1H. The average molecular weight is 470 g/mol. The molecule has 0 aliphatic carbocycles. The topological polar surface area (TPSA) is 58.5 Å². The predicted octanol–water partition coefficient (Wildman–Crippen LogP) is 3.04. The van der Waals surface area contributed by atoms with Gasteiger partial charge in [0.2, 0.25) is 0 Å². The Labute approximate surface area is 164 Å². The molecule has 0 spiro atoms. The number of hydrogen-bond donors (Lipinski definition) is 2. The van der Waals surface area contributed by atoms with Gasteiger partial charge < -0.3 is 15.4 Å². The van der Waals surface area contributed by atoms with Gasteiger partial charge in [-0.25, -0.2) is 9.98 Å². The number of halogens is 1. The predicted molar refractivity (Wildman–Crippen MR) is 111 cm³/mol. The molecule has 0 aromatic carbocycles. The van der Waals surface area contributed by atoms with E-state index in [1.165, 1.54) is 4.88 Å². The third kappa shape index (κ3) is 6.75. The first kappa shape index (κ1) is 21.0. The lowest BCUT2D eigenvalue weighted by atomic mass is 9.99. The first-order valence-electron chi connectivity index (χ1n) is 7.74. The molecular formula is C15H27IN4OS2. The molecule has 1 aliphatic heterocycles. The molecule has 0 bridgehead atoms. The third-order valence-electron chi connectivity index (χ3n) is 3.80. The highest BCUT2D eigenvalue weighted by atomic mass is 127. The van der Waals surface area contributed by atoms with E-state index in [9.17, 15) is 0 Å². The molecule has 2 N–H and O–H groups in total. The Balaban J connectivity index is 0.00000264. The number of aliphatic imine (C=N–C) groups is 1. The minimum absolute atomic E-state index is 0. The molecule has 0 atom stereocenters. The highest BCUT2D eigenvalue weighted by molar-refractivity contribution is 14.0. The number of hydrogen-bond acceptors (Lipinski definition) is 5. The highest BCUT2D eigenvalue weighted by Gasteiger charge is 2.31. The van der Waals surface area contributed by atoms with Gasteiger partial charge in [-0.2, -0.15) is 11.8 Å². The molecule has 1 fully saturated rings. The van der Waals surface area contributed by atoms with Crippen molar-refractivity contribution < 1.29 is 4.74 Å². The summed E-state index contributed by atoms with van der Waals surface area (Å²) in [6.45, 7) is 8.27. The number of nitrogens with zero attached hydrogens (tertiary/aromatic N) is 2. The van der Waals surface area contributed by atoms with E-state index in [2.05, 4.69) is 40.7 Å². The average Bonchev–Trinajstić information content (AvgIpc) is 2.96. The number of nitrogens with one attached hydrogen (secondary N) is 2. The summed E-state index contributed by atoms with van der Waals surface area (Å²) in [7, 11) is 0. The molecule has 0 radical (unpaired) electrons. The summed E-state index contributed by atoms with van der Waals surface area (Å²) < 4.78 is 5.75. The van der Waals surface area contributed by atoms with Crippen LogP contribution in [0.5, 0.6) is 0 Å². The van der Waals surface area contributed by atoms with Crippen LogP contribution >= 0.6 is 47.1 Å². The van der Waals surface area contributed by atoms with Gasteiger partial charge in [-0.15, -0.1) is 35.3 Å². The molecule has 1 saturated heterocycles. The number of rotatable bonds is 6. The van der Waals surface area contributed by atoms with E-state index in [4.69, 9.17) is 4.74 Å². The summed E-state index contributed by atoms with van der Waals surface area (Å²) in [6.07, 6.45) is 6.27. The second-order valence-electron chi connectivity index (χ2n) is 5.41. The number of guanidine groups is 1. The minimum atomic E-state index is 0. The van der Waals surface area contributed by atoms with Gasteiger partial charge in [0, 0.05) is 42.1 Å². The Bertz CT molecular complexity index is 490. The Morgan fingerprint density at radius 3 is 2.74 bits per heavy atom. The number of aromatic nitrogens is 1. The van der Waals surface area contributed by atoms with Crippen molar-refractivity contribution in [2.45, 2.75) is 38.0 Å². The number of aryl methyl sites for hydroxylation is 1. The fourth-order valence-corrected chi connectivity index (χ4v) is 3.91. The normalized spacial score (nSPS) is 17.4. The van der Waals surface area contributed by atoms with Crippen molar-refractivity contribution in [3.05, 3.63) is 16.1 Å². The maximum Gasteiger partial charge on any atom is 0.191 e. The molecule has 132 valence electrons. The van der Waals surface area contributed by atoms with Crippen molar-refractivity contribution in [3.8, 4) is 0 Å². The van der Waals surface area contributed by atoms with Gasteiger partial charge in [0.1, 0.15) is 5.01 Å². The molecule has 23 heavy (non-hydrogen) atoms. The molecule has 2 rings (SSSR count). The molecule has 1 aliphatic rings. The highest BCUT2D eigenvalue weighted by Crippen LogP contribution is 2.32. The zero-order chi connectivity index (χ0) is 15.8. The van der Waals surface area contributed by atoms with Crippen LogP contribution in [0.3, 0.4) is 0 Å². The first-order valence-corrected chi connectivity index (χ1v) is 9.78. The van der Waals surface area contributed by atoms with E-state index >= 15 is 0 Å². The fraction of sp³-hybridized carbons (Fsp3) is 0.733. The van der Waals surface area contributed by atoms with Crippen LogP contribution in [0.1, 0.15) is 29.7 Å². The summed E-state index contributed by atoms with van der Waals surface area (Å²) in [5.74, 6) is 0.871. The van der Waals surface area contributed by atoms with Crippen LogP contribution in [0.25, 0.3) is 0 Å². The fourth-order valence-electron chi connectivity index (χ4n) is 2.40. The van der Waals surface area contributed by atoms with Crippen LogP contribution in [-0.2, 0) is 11.3 Å². The molecule has 5 nitrogen and oxygen atoms in total. The van der Waals surface area contributed by atoms with Crippen molar-refractivity contribution in [1.82, 2.24) is 15.6 Å². The molecule has 0 amide bonds. The van der Waals surface area contributed by atoms with Gasteiger partial charge in [0.15, 0.2) is 5.96 Å². The zero-order valence-electron chi connectivity index (χ0n) is 14.1. The molecule has 0 unspecified atom stereocenters. The van der Waals surface area contributed by atoms with Crippen LogP contribution in [0.4, 0.5) is 0 Å². The maximum absolute atomic E-state index is 5.49. The summed E-state index contributed by atoms with van der Waals surface area (Å²) in [4.78, 5) is 10.2.